The van der Waals surface area contributed by atoms with Crippen molar-refractivity contribution in [1.29, 1.82) is 0 Å². The van der Waals surface area contributed by atoms with Crippen molar-refractivity contribution in [3.8, 4) is 0 Å². The number of nitrogens with two attached hydrogens (primary N) is 1. The van der Waals surface area contributed by atoms with Crippen molar-refractivity contribution in [3.63, 3.8) is 0 Å². The highest BCUT2D eigenvalue weighted by Gasteiger charge is 2.28. The summed E-state index contributed by atoms with van der Waals surface area (Å²) in [6.45, 7) is 5.84. The van der Waals surface area contributed by atoms with Gasteiger partial charge in [-0.15, -0.1) is 0 Å². The zero-order valence-electron chi connectivity index (χ0n) is 11.9. The highest BCUT2D eigenvalue weighted by atomic mass is 35.5. The van der Waals surface area contributed by atoms with Crippen LogP contribution in [0.4, 0.5) is 0 Å². The van der Waals surface area contributed by atoms with Crippen molar-refractivity contribution in [1.82, 2.24) is 5.32 Å². The average Bonchev–Trinajstić information content (AvgIpc) is 2.36. The molecule has 2 atom stereocenters. The monoisotopic (exact) mass is 282 g/mol. The van der Waals surface area contributed by atoms with E-state index in [0.717, 1.165) is 18.4 Å². The molecule has 0 bridgehead atoms. The number of carbonyl (C=O) groups is 1. The third-order valence-electron chi connectivity index (χ3n) is 3.27. The summed E-state index contributed by atoms with van der Waals surface area (Å²) in [6.07, 6.45) is 2.38. The molecule has 0 fully saturated rings. The van der Waals surface area contributed by atoms with Crippen LogP contribution >= 0.6 is 11.6 Å². The molecule has 1 aromatic carbocycles. The van der Waals surface area contributed by atoms with E-state index in [0.29, 0.717) is 11.4 Å². The second-order valence-electron chi connectivity index (χ2n) is 5.15. The van der Waals surface area contributed by atoms with Gasteiger partial charge in [0.2, 0.25) is 5.91 Å². The smallest absolute Gasteiger partial charge is 0.240 e. The van der Waals surface area contributed by atoms with Crippen molar-refractivity contribution >= 4 is 17.5 Å². The molecule has 3 N–H and O–H groups in total. The molecule has 0 aromatic heterocycles. The highest BCUT2D eigenvalue weighted by molar-refractivity contribution is 6.30. The lowest BCUT2D eigenvalue weighted by Crippen LogP contribution is -2.52. The minimum absolute atomic E-state index is 0.0236. The Hall–Kier alpha value is -1.06. The van der Waals surface area contributed by atoms with Crippen molar-refractivity contribution < 1.29 is 4.79 Å². The van der Waals surface area contributed by atoms with Gasteiger partial charge in [-0.25, -0.2) is 0 Å². The van der Waals surface area contributed by atoms with Crippen molar-refractivity contribution in [3.05, 3.63) is 34.9 Å². The van der Waals surface area contributed by atoms with Crippen LogP contribution < -0.4 is 11.1 Å². The van der Waals surface area contributed by atoms with Gasteiger partial charge in [0.1, 0.15) is 0 Å². The number of hydrogen-bond acceptors (Lipinski definition) is 2. The van der Waals surface area contributed by atoms with Gasteiger partial charge in [-0.2, -0.15) is 0 Å². The quantitative estimate of drug-likeness (QED) is 0.840. The Bertz CT molecular complexity index is 415. The van der Waals surface area contributed by atoms with Crippen LogP contribution in [-0.4, -0.2) is 11.4 Å². The summed E-state index contributed by atoms with van der Waals surface area (Å²) in [5, 5.41) is 3.71. The molecule has 19 heavy (non-hydrogen) atoms. The van der Waals surface area contributed by atoms with Crippen molar-refractivity contribution in [2.24, 2.45) is 5.73 Å². The number of carbonyl (C=O) groups excluding carboxylic acids is 1. The maximum absolute atomic E-state index is 12.2. The summed E-state index contributed by atoms with van der Waals surface area (Å²) in [6, 6.07) is 7.51. The zero-order valence-corrected chi connectivity index (χ0v) is 12.6. The van der Waals surface area contributed by atoms with E-state index in [-0.39, 0.29) is 11.9 Å². The van der Waals surface area contributed by atoms with Crippen LogP contribution in [0.3, 0.4) is 0 Å². The minimum atomic E-state index is -0.811. The van der Waals surface area contributed by atoms with E-state index < -0.39 is 5.54 Å². The lowest BCUT2D eigenvalue weighted by Gasteiger charge is -2.26. The lowest BCUT2D eigenvalue weighted by atomic mass is 9.95. The predicted molar refractivity (Wildman–Crippen MR) is 80.1 cm³/mol. The fourth-order valence-electron chi connectivity index (χ4n) is 2.07. The Morgan fingerprint density at radius 2 is 1.95 bits per heavy atom. The Morgan fingerprint density at radius 1 is 1.37 bits per heavy atom. The Kier molecular flexibility index (Phi) is 5.83. The average molecular weight is 283 g/mol. The molecule has 2 unspecified atom stereocenters. The van der Waals surface area contributed by atoms with E-state index in [1.54, 1.807) is 6.92 Å². The Morgan fingerprint density at radius 3 is 2.42 bits per heavy atom. The van der Waals surface area contributed by atoms with Crippen LogP contribution in [0.2, 0.25) is 5.02 Å². The molecule has 0 aliphatic rings. The van der Waals surface area contributed by atoms with E-state index in [2.05, 4.69) is 5.32 Å². The standard InChI is InChI=1S/C15H23ClN2O/c1-4-10-15(3,17)14(19)18-13(5-2)11-6-8-12(16)9-7-11/h6-9,13H,4-5,10,17H2,1-3H3,(H,18,19). The van der Waals surface area contributed by atoms with Gasteiger partial charge >= 0.3 is 0 Å². The van der Waals surface area contributed by atoms with Gasteiger partial charge < -0.3 is 11.1 Å². The van der Waals surface area contributed by atoms with Crippen LogP contribution in [0.15, 0.2) is 24.3 Å². The SMILES string of the molecule is CCCC(C)(N)C(=O)NC(CC)c1ccc(Cl)cc1. The van der Waals surface area contributed by atoms with E-state index in [4.69, 9.17) is 17.3 Å². The van der Waals surface area contributed by atoms with E-state index in [9.17, 15) is 4.79 Å². The molecule has 106 valence electrons. The first-order valence-corrected chi connectivity index (χ1v) is 7.13. The molecular weight excluding hydrogens is 260 g/mol. The van der Waals surface area contributed by atoms with Gasteiger partial charge in [0.05, 0.1) is 11.6 Å². The summed E-state index contributed by atoms with van der Waals surface area (Å²) in [4.78, 5) is 12.2. The van der Waals surface area contributed by atoms with Gasteiger partial charge in [-0.05, 0) is 37.5 Å². The largest absolute Gasteiger partial charge is 0.348 e. The molecule has 0 aliphatic carbocycles. The second kappa shape index (κ2) is 6.92. The lowest BCUT2D eigenvalue weighted by molar-refractivity contribution is -0.126. The van der Waals surface area contributed by atoms with E-state index in [1.807, 2.05) is 38.1 Å². The van der Waals surface area contributed by atoms with Crippen LogP contribution in [0.25, 0.3) is 0 Å². The number of hydrogen-bond donors (Lipinski definition) is 2. The van der Waals surface area contributed by atoms with Gasteiger partial charge in [0.25, 0.3) is 0 Å². The van der Waals surface area contributed by atoms with Crippen molar-refractivity contribution in [2.75, 3.05) is 0 Å². The molecule has 0 saturated heterocycles. The summed E-state index contributed by atoms with van der Waals surface area (Å²) < 4.78 is 0. The molecule has 4 heteroatoms. The molecule has 1 aromatic rings. The molecule has 3 nitrogen and oxygen atoms in total. The predicted octanol–water partition coefficient (Wildman–Crippen LogP) is 3.42. The first kappa shape index (κ1) is 16.0. The molecular formula is C15H23ClN2O. The summed E-state index contributed by atoms with van der Waals surface area (Å²) in [7, 11) is 0. The number of benzene rings is 1. The number of rotatable bonds is 6. The number of nitrogens with one attached hydrogen (secondary N) is 1. The van der Waals surface area contributed by atoms with Gasteiger partial charge in [-0.1, -0.05) is 44.0 Å². The topological polar surface area (TPSA) is 55.1 Å². The van der Waals surface area contributed by atoms with Crippen LogP contribution in [-0.2, 0) is 4.79 Å². The molecule has 1 amide bonds. The van der Waals surface area contributed by atoms with Gasteiger partial charge in [0.15, 0.2) is 0 Å². The molecule has 0 aliphatic heterocycles. The van der Waals surface area contributed by atoms with Gasteiger partial charge in [0, 0.05) is 5.02 Å². The highest BCUT2D eigenvalue weighted by Crippen LogP contribution is 2.20. The molecule has 0 radical (unpaired) electrons. The fourth-order valence-corrected chi connectivity index (χ4v) is 2.20. The van der Waals surface area contributed by atoms with E-state index in [1.165, 1.54) is 0 Å². The van der Waals surface area contributed by atoms with Gasteiger partial charge in [-0.3, -0.25) is 4.79 Å². The van der Waals surface area contributed by atoms with Crippen LogP contribution in [0, 0.1) is 0 Å². The van der Waals surface area contributed by atoms with E-state index >= 15 is 0 Å². The second-order valence-corrected chi connectivity index (χ2v) is 5.59. The third-order valence-corrected chi connectivity index (χ3v) is 3.53. The van der Waals surface area contributed by atoms with Crippen LogP contribution in [0.1, 0.15) is 51.6 Å². The molecule has 0 heterocycles. The maximum atomic E-state index is 12.2. The first-order valence-electron chi connectivity index (χ1n) is 6.76. The molecule has 1 rings (SSSR count). The maximum Gasteiger partial charge on any atom is 0.240 e. The van der Waals surface area contributed by atoms with Crippen LogP contribution in [0.5, 0.6) is 0 Å². The minimum Gasteiger partial charge on any atom is -0.348 e. The summed E-state index contributed by atoms with van der Waals surface area (Å²) >= 11 is 5.87. The normalized spacial score (nSPS) is 15.6. The summed E-state index contributed by atoms with van der Waals surface area (Å²) in [5.41, 5.74) is 6.28. The first-order chi connectivity index (χ1) is 8.90. The number of amides is 1. The summed E-state index contributed by atoms with van der Waals surface area (Å²) in [5.74, 6) is -0.101. The molecule has 0 spiro atoms. The molecule has 0 saturated carbocycles. The fraction of sp³-hybridized carbons (Fsp3) is 0.533. The Labute approximate surface area is 120 Å². The van der Waals surface area contributed by atoms with Crippen molar-refractivity contribution in [2.45, 2.75) is 51.6 Å². The number of halogens is 1. The Balaban J connectivity index is 2.77. The zero-order chi connectivity index (χ0) is 14.5. The third kappa shape index (κ3) is 4.51.